The Labute approximate surface area is 204 Å². The molecule has 1 aliphatic heterocycles. The molecule has 1 N–H and O–H groups in total. The largest absolute Gasteiger partial charge is 0.497 e. The summed E-state index contributed by atoms with van der Waals surface area (Å²) in [7, 11) is 1.56. The highest BCUT2D eigenvalue weighted by atomic mass is 19.1. The summed E-state index contributed by atoms with van der Waals surface area (Å²) in [4.78, 5) is 16.5. The molecule has 35 heavy (non-hydrogen) atoms. The molecule has 2 heterocycles. The number of carboxylic acids is 1. The van der Waals surface area contributed by atoms with Gasteiger partial charge in [0.2, 0.25) is 0 Å². The third-order valence-electron chi connectivity index (χ3n) is 7.38. The molecule has 0 bridgehead atoms. The fourth-order valence-corrected chi connectivity index (χ4v) is 5.26. The van der Waals surface area contributed by atoms with Gasteiger partial charge in [-0.2, -0.15) is 0 Å². The number of carbonyl (C=O) groups is 1. The van der Waals surface area contributed by atoms with Crippen molar-refractivity contribution >= 4 is 5.97 Å². The van der Waals surface area contributed by atoms with Crippen LogP contribution in [0, 0.1) is 24.6 Å². The molecule has 5 rings (SSSR count). The number of aryl methyl sites for hydroxylation is 2. The standard InChI is InChI=1S/C29H30FNO4/c1-16(29(32)33)28(19-5-6-19)20-7-4-18-8-13-26(35-27(18)14-20)25-12-10-22(17(2)31-25)23-15-21(34-3)9-11-24(23)30/h4,7,9-12,14-16,19,26,28H,5-6,8,13H2,1-3H3,(H,32,33)/t16-,26?,28-/m0/s1. The Balaban J connectivity index is 1.41. The number of aromatic nitrogens is 1. The molecule has 2 aromatic carbocycles. The topological polar surface area (TPSA) is 68.7 Å². The lowest BCUT2D eigenvalue weighted by atomic mass is 9.82. The van der Waals surface area contributed by atoms with E-state index in [2.05, 4.69) is 12.1 Å². The van der Waals surface area contributed by atoms with Gasteiger partial charge in [0.15, 0.2) is 0 Å². The lowest BCUT2D eigenvalue weighted by Crippen LogP contribution is -2.21. The summed E-state index contributed by atoms with van der Waals surface area (Å²) in [5.74, 6) is 0.310. The number of hydrogen-bond acceptors (Lipinski definition) is 4. The first-order valence-corrected chi connectivity index (χ1v) is 12.2. The highest BCUT2D eigenvalue weighted by Gasteiger charge is 2.39. The van der Waals surface area contributed by atoms with Gasteiger partial charge in [0.1, 0.15) is 23.4 Å². The number of methoxy groups -OCH3 is 1. The maximum atomic E-state index is 14.5. The van der Waals surface area contributed by atoms with E-state index in [1.54, 1.807) is 26.2 Å². The fraction of sp³-hybridized carbons (Fsp3) is 0.379. The predicted molar refractivity (Wildman–Crippen MR) is 131 cm³/mol. The van der Waals surface area contributed by atoms with E-state index < -0.39 is 11.9 Å². The minimum Gasteiger partial charge on any atom is -0.497 e. The summed E-state index contributed by atoms with van der Waals surface area (Å²) >= 11 is 0. The maximum Gasteiger partial charge on any atom is 0.306 e. The van der Waals surface area contributed by atoms with Gasteiger partial charge in [0.05, 0.1) is 18.7 Å². The first kappa shape index (κ1) is 23.3. The highest BCUT2D eigenvalue weighted by Crippen LogP contribution is 2.48. The van der Waals surface area contributed by atoms with Crippen LogP contribution in [-0.2, 0) is 11.2 Å². The van der Waals surface area contributed by atoms with Gasteiger partial charge >= 0.3 is 5.97 Å². The smallest absolute Gasteiger partial charge is 0.306 e. The first-order valence-electron chi connectivity index (χ1n) is 12.2. The average molecular weight is 476 g/mol. The number of benzene rings is 2. The molecule has 3 aromatic rings. The van der Waals surface area contributed by atoms with E-state index >= 15 is 0 Å². The molecule has 1 aromatic heterocycles. The van der Waals surface area contributed by atoms with Crippen molar-refractivity contribution in [1.82, 2.24) is 4.98 Å². The number of nitrogens with zero attached hydrogens (tertiary/aromatic N) is 1. The van der Waals surface area contributed by atoms with Gasteiger partial charge in [-0.05, 0) is 85.9 Å². The van der Waals surface area contributed by atoms with Gasteiger partial charge < -0.3 is 14.6 Å². The Bertz CT molecular complexity index is 1270. The molecule has 1 saturated carbocycles. The van der Waals surface area contributed by atoms with E-state index in [1.165, 1.54) is 6.07 Å². The van der Waals surface area contributed by atoms with Gasteiger partial charge in [0.25, 0.3) is 0 Å². The predicted octanol–water partition coefficient (Wildman–Crippen LogP) is 6.49. The zero-order chi connectivity index (χ0) is 24.7. The molecule has 0 radical (unpaired) electrons. The van der Waals surface area contributed by atoms with Gasteiger partial charge in [0, 0.05) is 16.8 Å². The maximum absolute atomic E-state index is 14.5. The Morgan fingerprint density at radius 3 is 2.60 bits per heavy atom. The summed E-state index contributed by atoms with van der Waals surface area (Å²) in [5, 5.41) is 9.63. The summed E-state index contributed by atoms with van der Waals surface area (Å²) in [6, 6.07) is 14.7. The summed E-state index contributed by atoms with van der Waals surface area (Å²) in [6.07, 6.45) is 3.59. The van der Waals surface area contributed by atoms with Crippen molar-refractivity contribution in [2.45, 2.75) is 51.6 Å². The van der Waals surface area contributed by atoms with E-state index in [1.807, 2.05) is 25.1 Å². The second kappa shape index (κ2) is 9.33. The van der Waals surface area contributed by atoms with Crippen LogP contribution in [0.5, 0.6) is 11.5 Å². The second-order valence-electron chi connectivity index (χ2n) is 9.72. The van der Waals surface area contributed by atoms with Crippen LogP contribution in [0.4, 0.5) is 4.39 Å². The Kier molecular flexibility index (Phi) is 6.22. The van der Waals surface area contributed by atoms with Crippen molar-refractivity contribution in [1.29, 1.82) is 0 Å². The molecule has 6 heteroatoms. The van der Waals surface area contributed by atoms with Crippen LogP contribution in [0.2, 0.25) is 0 Å². The normalized spacial score (nSPS) is 18.8. The van der Waals surface area contributed by atoms with Crippen LogP contribution in [0.3, 0.4) is 0 Å². The minimum absolute atomic E-state index is 0.000750. The SMILES string of the molecule is COc1ccc(F)c(-c2ccc(C3CCc4ccc([C@H](C5CC5)[C@H](C)C(=O)O)cc4O3)nc2C)c1. The van der Waals surface area contributed by atoms with E-state index in [0.717, 1.165) is 59.5 Å². The van der Waals surface area contributed by atoms with Crippen molar-refractivity contribution in [3.05, 3.63) is 76.9 Å². The van der Waals surface area contributed by atoms with Gasteiger partial charge in [-0.15, -0.1) is 0 Å². The molecular formula is C29H30FNO4. The number of halogens is 1. The number of rotatable bonds is 7. The van der Waals surface area contributed by atoms with E-state index in [-0.39, 0.29) is 17.8 Å². The fourth-order valence-electron chi connectivity index (χ4n) is 5.26. The molecule has 0 amide bonds. The van der Waals surface area contributed by atoms with Crippen molar-refractivity contribution < 1.29 is 23.8 Å². The van der Waals surface area contributed by atoms with Crippen molar-refractivity contribution in [3.8, 4) is 22.6 Å². The van der Waals surface area contributed by atoms with E-state index in [9.17, 15) is 14.3 Å². The molecule has 5 nitrogen and oxygen atoms in total. The number of pyridine rings is 1. The molecular weight excluding hydrogens is 445 g/mol. The monoisotopic (exact) mass is 475 g/mol. The Morgan fingerprint density at radius 2 is 1.91 bits per heavy atom. The van der Waals surface area contributed by atoms with Crippen LogP contribution in [0.1, 0.15) is 60.7 Å². The Hall–Kier alpha value is -3.41. The molecule has 3 atom stereocenters. The number of aliphatic carboxylic acids is 1. The highest BCUT2D eigenvalue weighted by molar-refractivity contribution is 5.71. The summed E-state index contributed by atoms with van der Waals surface area (Å²) in [5.41, 5.74) is 4.88. The quantitative estimate of drug-likeness (QED) is 0.423. The van der Waals surface area contributed by atoms with E-state index in [4.69, 9.17) is 14.5 Å². The zero-order valence-corrected chi connectivity index (χ0v) is 20.3. The van der Waals surface area contributed by atoms with Gasteiger partial charge in [-0.25, -0.2) is 4.39 Å². The first-order chi connectivity index (χ1) is 16.9. The summed E-state index contributed by atoms with van der Waals surface area (Å²) in [6.45, 7) is 3.67. The molecule has 182 valence electrons. The van der Waals surface area contributed by atoms with Crippen molar-refractivity contribution in [3.63, 3.8) is 0 Å². The van der Waals surface area contributed by atoms with Gasteiger partial charge in [-0.1, -0.05) is 25.1 Å². The van der Waals surface area contributed by atoms with Crippen LogP contribution >= 0.6 is 0 Å². The third-order valence-corrected chi connectivity index (χ3v) is 7.38. The lowest BCUT2D eigenvalue weighted by Gasteiger charge is -2.28. The molecule has 1 unspecified atom stereocenters. The molecule has 2 aliphatic rings. The van der Waals surface area contributed by atoms with Crippen molar-refractivity contribution in [2.75, 3.05) is 7.11 Å². The third kappa shape index (κ3) is 4.62. The number of ether oxygens (including phenoxy) is 2. The number of carboxylic acid groups (broad SMARTS) is 1. The van der Waals surface area contributed by atoms with Crippen LogP contribution in [0.25, 0.3) is 11.1 Å². The summed E-state index contributed by atoms with van der Waals surface area (Å²) < 4.78 is 26.2. The number of hydrogen-bond donors (Lipinski definition) is 1. The lowest BCUT2D eigenvalue weighted by molar-refractivity contribution is -0.142. The molecule has 1 aliphatic carbocycles. The zero-order valence-electron chi connectivity index (χ0n) is 20.3. The van der Waals surface area contributed by atoms with Crippen molar-refractivity contribution in [2.24, 2.45) is 11.8 Å². The minimum atomic E-state index is -0.759. The number of fused-ring (bicyclic) bond motifs is 1. The van der Waals surface area contributed by atoms with Crippen LogP contribution < -0.4 is 9.47 Å². The average Bonchev–Trinajstić information content (AvgIpc) is 3.69. The Morgan fingerprint density at radius 1 is 1.11 bits per heavy atom. The molecule has 0 saturated heterocycles. The van der Waals surface area contributed by atoms with Gasteiger partial charge in [-0.3, -0.25) is 9.78 Å². The molecule has 0 spiro atoms. The van der Waals surface area contributed by atoms with Crippen LogP contribution in [-0.4, -0.2) is 23.2 Å². The van der Waals surface area contributed by atoms with Crippen LogP contribution in [0.15, 0.2) is 48.5 Å². The van der Waals surface area contributed by atoms with E-state index in [0.29, 0.717) is 17.2 Å². The second-order valence-corrected chi connectivity index (χ2v) is 9.72. The molecule has 1 fully saturated rings.